The van der Waals surface area contributed by atoms with Crippen LogP contribution >= 0.6 is 11.3 Å². The Bertz CT molecular complexity index is 300. The standard InChI is InChI=1S/C14H24N2S/c15-11-14(7-3-1-2-4-8-14)12-16-10-13-6-5-9-17-13/h5-6,9,16H,1-4,7-8,10-12,15H2. The molecule has 0 aromatic carbocycles. The highest BCUT2D eigenvalue weighted by molar-refractivity contribution is 7.09. The molecule has 1 aromatic heterocycles. The maximum atomic E-state index is 6.03. The van der Waals surface area contributed by atoms with Crippen LogP contribution in [0.3, 0.4) is 0 Å². The van der Waals surface area contributed by atoms with Gasteiger partial charge in [-0.05, 0) is 36.2 Å². The number of rotatable bonds is 5. The molecule has 0 amide bonds. The molecule has 0 saturated heterocycles. The predicted molar refractivity (Wildman–Crippen MR) is 75.2 cm³/mol. The smallest absolute Gasteiger partial charge is 0.0299 e. The van der Waals surface area contributed by atoms with Gasteiger partial charge in [0.15, 0.2) is 0 Å². The molecule has 0 radical (unpaired) electrons. The summed E-state index contributed by atoms with van der Waals surface area (Å²) in [6, 6.07) is 4.31. The fourth-order valence-electron chi connectivity index (χ4n) is 2.80. The highest BCUT2D eigenvalue weighted by atomic mass is 32.1. The first-order valence-corrected chi connectivity index (χ1v) is 7.66. The maximum Gasteiger partial charge on any atom is 0.0299 e. The summed E-state index contributed by atoms with van der Waals surface area (Å²) in [5, 5.41) is 5.75. The Morgan fingerprint density at radius 2 is 2.00 bits per heavy atom. The Balaban J connectivity index is 1.81. The van der Waals surface area contributed by atoms with E-state index in [0.717, 1.165) is 19.6 Å². The van der Waals surface area contributed by atoms with Crippen molar-refractivity contribution in [2.45, 2.75) is 45.1 Å². The summed E-state index contributed by atoms with van der Waals surface area (Å²) in [4.78, 5) is 1.42. The molecule has 1 heterocycles. The van der Waals surface area contributed by atoms with Crippen molar-refractivity contribution in [1.82, 2.24) is 5.32 Å². The lowest BCUT2D eigenvalue weighted by Gasteiger charge is -2.31. The normalized spacial score (nSPS) is 20.1. The van der Waals surface area contributed by atoms with E-state index in [1.807, 2.05) is 11.3 Å². The molecular weight excluding hydrogens is 228 g/mol. The monoisotopic (exact) mass is 252 g/mol. The third-order valence-corrected chi connectivity index (χ3v) is 4.85. The SMILES string of the molecule is NCC1(CNCc2cccs2)CCCCCC1. The average Bonchev–Trinajstić information content (AvgIpc) is 2.75. The summed E-state index contributed by atoms with van der Waals surface area (Å²) in [6.07, 6.45) is 8.12. The first kappa shape index (κ1) is 13.1. The summed E-state index contributed by atoms with van der Waals surface area (Å²) in [7, 11) is 0. The fraction of sp³-hybridized carbons (Fsp3) is 0.714. The van der Waals surface area contributed by atoms with E-state index in [-0.39, 0.29) is 0 Å². The van der Waals surface area contributed by atoms with Gasteiger partial charge < -0.3 is 11.1 Å². The zero-order valence-corrected chi connectivity index (χ0v) is 11.4. The molecule has 1 aliphatic rings. The van der Waals surface area contributed by atoms with E-state index in [1.54, 1.807) is 0 Å². The molecule has 2 nitrogen and oxygen atoms in total. The molecule has 3 heteroatoms. The lowest BCUT2D eigenvalue weighted by Crippen LogP contribution is -2.39. The van der Waals surface area contributed by atoms with Crippen LogP contribution in [0.1, 0.15) is 43.4 Å². The van der Waals surface area contributed by atoms with Gasteiger partial charge in [-0.2, -0.15) is 0 Å². The molecule has 0 bridgehead atoms. The van der Waals surface area contributed by atoms with Crippen LogP contribution in [0.15, 0.2) is 17.5 Å². The zero-order chi connectivity index (χ0) is 12.0. The lowest BCUT2D eigenvalue weighted by atomic mass is 9.80. The Labute approximate surface area is 109 Å². The first-order valence-electron chi connectivity index (χ1n) is 6.78. The fourth-order valence-corrected chi connectivity index (χ4v) is 3.47. The van der Waals surface area contributed by atoms with E-state index in [9.17, 15) is 0 Å². The van der Waals surface area contributed by atoms with Crippen LogP contribution in [-0.2, 0) is 6.54 Å². The minimum absolute atomic E-state index is 0.369. The van der Waals surface area contributed by atoms with Gasteiger partial charge >= 0.3 is 0 Å². The van der Waals surface area contributed by atoms with Crippen LogP contribution in [0.5, 0.6) is 0 Å². The van der Waals surface area contributed by atoms with Gasteiger partial charge in [0.25, 0.3) is 0 Å². The minimum Gasteiger partial charge on any atom is -0.330 e. The van der Waals surface area contributed by atoms with Crippen molar-refractivity contribution >= 4 is 11.3 Å². The summed E-state index contributed by atoms with van der Waals surface area (Å²) >= 11 is 1.83. The molecule has 1 saturated carbocycles. The quantitative estimate of drug-likeness (QED) is 0.790. The molecule has 1 aromatic rings. The largest absolute Gasteiger partial charge is 0.330 e. The molecule has 0 unspecified atom stereocenters. The molecule has 0 aliphatic heterocycles. The summed E-state index contributed by atoms with van der Waals surface area (Å²) in [6.45, 7) is 2.92. The van der Waals surface area contributed by atoms with Crippen molar-refractivity contribution in [3.05, 3.63) is 22.4 Å². The predicted octanol–water partition coefficient (Wildman–Crippen LogP) is 3.14. The van der Waals surface area contributed by atoms with Crippen molar-refractivity contribution in [1.29, 1.82) is 0 Å². The molecule has 17 heavy (non-hydrogen) atoms. The second kappa shape index (κ2) is 6.53. The molecule has 1 fully saturated rings. The van der Waals surface area contributed by atoms with Gasteiger partial charge in [0.2, 0.25) is 0 Å². The number of hydrogen-bond acceptors (Lipinski definition) is 3. The van der Waals surface area contributed by atoms with Gasteiger partial charge in [-0.25, -0.2) is 0 Å². The van der Waals surface area contributed by atoms with Gasteiger partial charge in [-0.3, -0.25) is 0 Å². The van der Waals surface area contributed by atoms with Crippen LogP contribution in [0, 0.1) is 5.41 Å². The van der Waals surface area contributed by atoms with Gasteiger partial charge in [-0.1, -0.05) is 31.7 Å². The number of thiophene rings is 1. The summed E-state index contributed by atoms with van der Waals surface area (Å²) in [5.74, 6) is 0. The molecule has 0 spiro atoms. The van der Waals surface area contributed by atoms with Gasteiger partial charge in [0, 0.05) is 18.0 Å². The molecule has 1 aliphatic carbocycles. The van der Waals surface area contributed by atoms with E-state index in [2.05, 4.69) is 22.8 Å². The van der Waals surface area contributed by atoms with Crippen LogP contribution in [0.2, 0.25) is 0 Å². The topological polar surface area (TPSA) is 38.0 Å². The maximum absolute atomic E-state index is 6.03. The van der Waals surface area contributed by atoms with Gasteiger partial charge in [0.05, 0.1) is 0 Å². The van der Waals surface area contributed by atoms with E-state index in [1.165, 1.54) is 43.4 Å². The van der Waals surface area contributed by atoms with Crippen molar-refractivity contribution in [2.24, 2.45) is 11.1 Å². The van der Waals surface area contributed by atoms with Crippen molar-refractivity contribution in [2.75, 3.05) is 13.1 Å². The molecule has 3 N–H and O–H groups in total. The number of nitrogens with two attached hydrogens (primary N) is 1. The van der Waals surface area contributed by atoms with Crippen molar-refractivity contribution < 1.29 is 0 Å². The average molecular weight is 252 g/mol. The Morgan fingerprint density at radius 1 is 1.24 bits per heavy atom. The number of nitrogens with one attached hydrogen (secondary N) is 1. The van der Waals surface area contributed by atoms with E-state index >= 15 is 0 Å². The molecule has 0 atom stereocenters. The Kier molecular flexibility index (Phi) is 5.01. The zero-order valence-electron chi connectivity index (χ0n) is 10.6. The van der Waals surface area contributed by atoms with Crippen LogP contribution in [0.25, 0.3) is 0 Å². The second-order valence-corrected chi connectivity index (χ2v) is 6.33. The Hall–Kier alpha value is -0.380. The van der Waals surface area contributed by atoms with Crippen LogP contribution in [-0.4, -0.2) is 13.1 Å². The van der Waals surface area contributed by atoms with Gasteiger partial charge in [0.1, 0.15) is 0 Å². The van der Waals surface area contributed by atoms with Crippen molar-refractivity contribution in [3.8, 4) is 0 Å². The van der Waals surface area contributed by atoms with E-state index in [4.69, 9.17) is 5.73 Å². The number of hydrogen-bond donors (Lipinski definition) is 2. The summed E-state index contributed by atoms with van der Waals surface area (Å²) in [5.41, 5.74) is 6.40. The third kappa shape index (κ3) is 3.80. The minimum atomic E-state index is 0.369. The summed E-state index contributed by atoms with van der Waals surface area (Å²) < 4.78 is 0. The Morgan fingerprint density at radius 3 is 2.59 bits per heavy atom. The highest BCUT2D eigenvalue weighted by Gasteiger charge is 2.28. The first-order chi connectivity index (χ1) is 8.35. The highest BCUT2D eigenvalue weighted by Crippen LogP contribution is 2.33. The van der Waals surface area contributed by atoms with Crippen molar-refractivity contribution in [3.63, 3.8) is 0 Å². The molecule has 2 rings (SSSR count). The van der Waals surface area contributed by atoms with E-state index in [0.29, 0.717) is 5.41 Å². The van der Waals surface area contributed by atoms with Gasteiger partial charge in [-0.15, -0.1) is 11.3 Å². The second-order valence-electron chi connectivity index (χ2n) is 5.30. The molecular formula is C14H24N2S. The van der Waals surface area contributed by atoms with Crippen LogP contribution in [0.4, 0.5) is 0 Å². The van der Waals surface area contributed by atoms with Crippen LogP contribution < -0.4 is 11.1 Å². The third-order valence-electron chi connectivity index (χ3n) is 3.98. The molecule has 96 valence electrons. The van der Waals surface area contributed by atoms with E-state index < -0.39 is 0 Å². The lowest BCUT2D eigenvalue weighted by molar-refractivity contribution is 0.242.